The molecule has 0 atom stereocenters. The Morgan fingerprint density at radius 3 is 2.85 bits per heavy atom. The molecule has 13 heavy (non-hydrogen) atoms. The lowest BCUT2D eigenvalue weighted by molar-refractivity contribution is -0.132. The molecule has 0 aromatic carbocycles. The number of rotatable bonds is 8. The first-order chi connectivity index (χ1) is 6.18. The molecule has 0 unspecified atom stereocenters. The molecule has 0 saturated carbocycles. The monoisotopic (exact) mass is 187 g/mol. The van der Waals surface area contributed by atoms with Gasteiger partial charge >= 0.3 is 5.97 Å². The summed E-state index contributed by atoms with van der Waals surface area (Å²) in [7, 11) is 0. The van der Waals surface area contributed by atoms with Crippen molar-refractivity contribution in [3.8, 4) is 0 Å². The van der Waals surface area contributed by atoms with Gasteiger partial charge in [0.25, 0.3) is 0 Å². The number of aliphatic carboxylic acids is 1. The normalized spacial score (nSPS) is 9.92. The smallest absolute Gasteiger partial charge is 0.332 e. The van der Waals surface area contributed by atoms with Gasteiger partial charge in [-0.05, 0) is 19.9 Å². The highest BCUT2D eigenvalue weighted by atomic mass is 16.5. The highest BCUT2D eigenvalue weighted by Gasteiger charge is 2.01. The number of nitrogens with one attached hydrogen (secondary N) is 1. The number of carboxylic acids is 1. The van der Waals surface area contributed by atoms with Crippen LogP contribution in [-0.4, -0.2) is 37.4 Å². The third-order valence-electron chi connectivity index (χ3n) is 1.49. The van der Waals surface area contributed by atoms with E-state index in [0.717, 1.165) is 19.6 Å². The first-order valence-corrected chi connectivity index (χ1v) is 4.38. The minimum absolute atomic E-state index is 0.191. The number of carbonyl (C=O) groups is 1. The molecule has 0 heterocycles. The summed E-state index contributed by atoms with van der Waals surface area (Å²) in [4.78, 5) is 10.3. The van der Waals surface area contributed by atoms with Crippen molar-refractivity contribution in [1.82, 2.24) is 5.32 Å². The van der Waals surface area contributed by atoms with Crippen molar-refractivity contribution in [3.63, 3.8) is 0 Å². The summed E-state index contributed by atoms with van der Waals surface area (Å²) in [5.41, 5.74) is 0.191. The number of carboxylic acid groups (broad SMARTS) is 1. The summed E-state index contributed by atoms with van der Waals surface area (Å²) < 4.78 is 5.11. The van der Waals surface area contributed by atoms with Gasteiger partial charge in [0.1, 0.15) is 0 Å². The molecule has 0 aliphatic rings. The minimum atomic E-state index is -0.947. The van der Waals surface area contributed by atoms with Gasteiger partial charge < -0.3 is 15.2 Å². The average molecular weight is 187 g/mol. The summed E-state index contributed by atoms with van der Waals surface area (Å²) in [5, 5.41) is 11.4. The van der Waals surface area contributed by atoms with Crippen LogP contribution in [0.5, 0.6) is 0 Å². The molecular weight excluding hydrogens is 170 g/mol. The summed E-state index contributed by atoms with van der Waals surface area (Å²) in [6, 6.07) is 0. The molecule has 0 aliphatic carbocycles. The van der Waals surface area contributed by atoms with E-state index in [1.807, 2.05) is 6.92 Å². The average Bonchev–Trinajstić information content (AvgIpc) is 2.10. The van der Waals surface area contributed by atoms with Crippen LogP contribution in [0.4, 0.5) is 0 Å². The van der Waals surface area contributed by atoms with Crippen LogP contribution in [0.1, 0.15) is 13.3 Å². The van der Waals surface area contributed by atoms with Crippen LogP contribution in [0.15, 0.2) is 12.2 Å². The lowest BCUT2D eigenvalue weighted by atomic mass is 10.3. The second kappa shape index (κ2) is 7.76. The molecule has 0 saturated heterocycles. The molecular formula is C9H17NO3. The maximum atomic E-state index is 10.3. The Bertz CT molecular complexity index is 168. The van der Waals surface area contributed by atoms with Gasteiger partial charge in [-0.3, -0.25) is 0 Å². The summed E-state index contributed by atoms with van der Waals surface area (Å²) >= 11 is 0. The molecule has 4 heteroatoms. The molecule has 0 aliphatic heterocycles. The van der Waals surface area contributed by atoms with Gasteiger partial charge in [0.15, 0.2) is 0 Å². The van der Waals surface area contributed by atoms with E-state index in [-0.39, 0.29) is 5.57 Å². The lowest BCUT2D eigenvalue weighted by Crippen LogP contribution is -2.22. The van der Waals surface area contributed by atoms with E-state index in [9.17, 15) is 4.79 Å². The van der Waals surface area contributed by atoms with Crippen molar-refractivity contribution >= 4 is 5.97 Å². The van der Waals surface area contributed by atoms with Crippen molar-refractivity contribution in [1.29, 1.82) is 0 Å². The first kappa shape index (κ1) is 12.1. The first-order valence-electron chi connectivity index (χ1n) is 4.38. The van der Waals surface area contributed by atoms with Gasteiger partial charge in [-0.2, -0.15) is 0 Å². The highest BCUT2D eigenvalue weighted by Crippen LogP contribution is 1.87. The van der Waals surface area contributed by atoms with Gasteiger partial charge in [-0.15, -0.1) is 0 Å². The fourth-order valence-corrected chi connectivity index (χ4v) is 0.758. The van der Waals surface area contributed by atoms with Crippen molar-refractivity contribution in [3.05, 3.63) is 12.2 Å². The zero-order chi connectivity index (χ0) is 10.1. The van der Waals surface area contributed by atoms with Crippen molar-refractivity contribution in [2.45, 2.75) is 13.3 Å². The Hall–Kier alpha value is -0.870. The lowest BCUT2D eigenvalue weighted by Gasteiger charge is -2.04. The van der Waals surface area contributed by atoms with Crippen LogP contribution in [0.2, 0.25) is 0 Å². The summed E-state index contributed by atoms with van der Waals surface area (Å²) in [6.07, 6.45) is 0.890. The van der Waals surface area contributed by atoms with E-state index >= 15 is 0 Å². The Labute approximate surface area is 78.6 Å². The standard InChI is InChI=1S/C9H17NO3/c1-3-13-6-4-5-10-7-8(2)9(11)12/h10H,2-7H2,1H3,(H,11,12). The van der Waals surface area contributed by atoms with Crippen LogP contribution in [0.25, 0.3) is 0 Å². The van der Waals surface area contributed by atoms with Gasteiger partial charge in [0, 0.05) is 25.3 Å². The molecule has 0 bridgehead atoms. The quantitative estimate of drug-likeness (QED) is 0.432. The zero-order valence-electron chi connectivity index (χ0n) is 8.01. The number of hydrogen-bond acceptors (Lipinski definition) is 3. The van der Waals surface area contributed by atoms with Crippen LogP contribution in [-0.2, 0) is 9.53 Å². The van der Waals surface area contributed by atoms with E-state index in [4.69, 9.17) is 9.84 Å². The van der Waals surface area contributed by atoms with Crippen molar-refractivity contribution in [2.75, 3.05) is 26.3 Å². The van der Waals surface area contributed by atoms with E-state index < -0.39 is 5.97 Å². The third kappa shape index (κ3) is 7.49. The van der Waals surface area contributed by atoms with E-state index in [1.54, 1.807) is 0 Å². The fourth-order valence-electron chi connectivity index (χ4n) is 0.758. The molecule has 0 radical (unpaired) electrons. The van der Waals surface area contributed by atoms with E-state index in [1.165, 1.54) is 0 Å². The van der Waals surface area contributed by atoms with Gasteiger partial charge in [-0.1, -0.05) is 6.58 Å². The number of hydrogen-bond donors (Lipinski definition) is 2. The molecule has 0 aromatic rings. The van der Waals surface area contributed by atoms with Crippen molar-refractivity contribution < 1.29 is 14.6 Å². The Morgan fingerprint density at radius 1 is 1.62 bits per heavy atom. The Kier molecular flexibility index (Phi) is 7.24. The van der Waals surface area contributed by atoms with Crippen molar-refractivity contribution in [2.24, 2.45) is 0 Å². The SMILES string of the molecule is C=C(CNCCCOCC)C(=O)O. The molecule has 0 spiro atoms. The molecule has 0 aromatic heterocycles. The zero-order valence-corrected chi connectivity index (χ0v) is 8.01. The summed E-state index contributed by atoms with van der Waals surface area (Å²) in [5.74, 6) is -0.947. The summed E-state index contributed by atoms with van der Waals surface area (Å²) in [6.45, 7) is 7.87. The predicted molar refractivity (Wildman–Crippen MR) is 50.8 cm³/mol. The van der Waals surface area contributed by atoms with Crippen LogP contribution in [0, 0.1) is 0 Å². The second-order valence-corrected chi connectivity index (χ2v) is 2.64. The maximum absolute atomic E-state index is 10.3. The second-order valence-electron chi connectivity index (χ2n) is 2.64. The molecule has 2 N–H and O–H groups in total. The predicted octanol–water partition coefficient (Wildman–Crippen LogP) is 0.643. The fraction of sp³-hybridized carbons (Fsp3) is 0.667. The van der Waals surface area contributed by atoms with Crippen LogP contribution in [0.3, 0.4) is 0 Å². The molecule has 0 rings (SSSR count). The topological polar surface area (TPSA) is 58.6 Å². The highest BCUT2D eigenvalue weighted by molar-refractivity contribution is 5.86. The Morgan fingerprint density at radius 2 is 2.31 bits per heavy atom. The van der Waals surface area contributed by atoms with E-state index in [0.29, 0.717) is 13.2 Å². The minimum Gasteiger partial charge on any atom is -0.478 e. The van der Waals surface area contributed by atoms with Crippen LogP contribution >= 0.6 is 0 Å². The molecule has 4 nitrogen and oxygen atoms in total. The van der Waals surface area contributed by atoms with E-state index in [2.05, 4.69) is 11.9 Å². The van der Waals surface area contributed by atoms with Crippen LogP contribution < -0.4 is 5.32 Å². The van der Waals surface area contributed by atoms with Gasteiger partial charge in [0.2, 0.25) is 0 Å². The van der Waals surface area contributed by atoms with Gasteiger partial charge in [-0.25, -0.2) is 4.79 Å². The maximum Gasteiger partial charge on any atom is 0.332 e. The van der Waals surface area contributed by atoms with Gasteiger partial charge in [0.05, 0.1) is 0 Å². The third-order valence-corrected chi connectivity index (χ3v) is 1.49. The Balaban J connectivity index is 3.16. The number of ether oxygens (including phenoxy) is 1. The molecule has 0 amide bonds. The largest absolute Gasteiger partial charge is 0.478 e. The molecule has 76 valence electrons. The molecule has 0 fully saturated rings.